The SMILES string of the molecule is CCCC(C)CC1CC(C(C)(C)C)CCC1NC. The number of nitrogens with one attached hydrogen (secondary N) is 1. The van der Waals surface area contributed by atoms with Gasteiger partial charge in [-0.2, -0.15) is 0 Å². The van der Waals surface area contributed by atoms with Crippen molar-refractivity contribution in [2.24, 2.45) is 23.2 Å². The summed E-state index contributed by atoms with van der Waals surface area (Å²) in [5.74, 6) is 2.71. The van der Waals surface area contributed by atoms with Gasteiger partial charge in [-0.3, -0.25) is 0 Å². The largest absolute Gasteiger partial charge is 0.317 e. The van der Waals surface area contributed by atoms with E-state index in [0.29, 0.717) is 5.41 Å². The quantitative estimate of drug-likeness (QED) is 0.737. The topological polar surface area (TPSA) is 12.0 Å². The molecule has 0 spiro atoms. The van der Waals surface area contributed by atoms with Crippen molar-refractivity contribution >= 4 is 0 Å². The lowest BCUT2D eigenvalue weighted by molar-refractivity contribution is 0.103. The van der Waals surface area contributed by atoms with Gasteiger partial charge in [-0.15, -0.1) is 0 Å². The predicted octanol–water partition coefficient (Wildman–Crippen LogP) is 4.86. The molecule has 1 heteroatoms. The van der Waals surface area contributed by atoms with Gasteiger partial charge in [-0.1, -0.05) is 47.5 Å². The summed E-state index contributed by atoms with van der Waals surface area (Å²) >= 11 is 0. The van der Waals surface area contributed by atoms with Crippen LogP contribution in [0.25, 0.3) is 0 Å². The van der Waals surface area contributed by atoms with Crippen molar-refractivity contribution in [2.45, 2.75) is 79.2 Å². The van der Waals surface area contributed by atoms with Crippen molar-refractivity contribution in [3.05, 3.63) is 0 Å². The predicted molar refractivity (Wildman–Crippen MR) is 81.8 cm³/mol. The van der Waals surface area contributed by atoms with E-state index in [0.717, 1.165) is 23.8 Å². The second kappa shape index (κ2) is 6.93. The van der Waals surface area contributed by atoms with Gasteiger partial charge in [0.05, 0.1) is 0 Å². The van der Waals surface area contributed by atoms with Crippen LogP contribution in [0.15, 0.2) is 0 Å². The molecule has 0 aromatic carbocycles. The van der Waals surface area contributed by atoms with Gasteiger partial charge < -0.3 is 5.32 Å². The van der Waals surface area contributed by atoms with Crippen LogP contribution in [0, 0.1) is 23.2 Å². The van der Waals surface area contributed by atoms with Crippen LogP contribution in [-0.2, 0) is 0 Å². The van der Waals surface area contributed by atoms with Crippen LogP contribution in [0.4, 0.5) is 0 Å². The molecule has 0 amide bonds. The molecule has 0 radical (unpaired) electrons. The van der Waals surface area contributed by atoms with E-state index in [4.69, 9.17) is 0 Å². The molecule has 4 unspecified atom stereocenters. The molecule has 4 atom stereocenters. The Kier molecular flexibility index (Phi) is 6.17. The molecule has 18 heavy (non-hydrogen) atoms. The summed E-state index contributed by atoms with van der Waals surface area (Å²) in [5.41, 5.74) is 0.491. The molecule has 0 saturated heterocycles. The van der Waals surface area contributed by atoms with Crippen LogP contribution in [0.3, 0.4) is 0 Å². The third-order valence-corrected chi connectivity index (χ3v) is 5.06. The Hall–Kier alpha value is -0.0400. The van der Waals surface area contributed by atoms with Gasteiger partial charge in [0.1, 0.15) is 0 Å². The minimum Gasteiger partial charge on any atom is -0.317 e. The van der Waals surface area contributed by atoms with E-state index in [-0.39, 0.29) is 0 Å². The van der Waals surface area contributed by atoms with Gasteiger partial charge in [0.25, 0.3) is 0 Å². The minimum absolute atomic E-state index is 0.491. The Bertz CT molecular complexity index is 228. The molecular formula is C17H35N. The van der Waals surface area contributed by atoms with E-state index in [1.165, 1.54) is 38.5 Å². The lowest BCUT2D eigenvalue weighted by atomic mass is 9.66. The summed E-state index contributed by atoms with van der Waals surface area (Å²) in [7, 11) is 2.15. The van der Waals surface area contributed by atoms with Crippen molar-refractivity contribution in [1.29, 1.82) is 0 Å². The zero-order valence-corrected chi connectivity index (χ0v) is 13.6. The highest BCUT2D eigenvalue weighted by Gasteiger charge is 2.35. The Balaban J connectivity index is 2.59. The van der Waals surface area contributed by atoms with Crippen molar-refractivity contribution in [1.82, 2.24) is 5.32 Å². The molecule has 0 aromatic heterocycles. The summed E-state index contributed by atoms with van der Waals surface area (Å²) in [6.45, 7) is 12.0. The van der Waals surface area contributed by atoms with Crippen molar-refractivity contribution < 1.29 is 0 Å². The van der Waals surface area contributed by atoms with Gasteiger partial charge in [0.2, 0.25) is 0 Å². The first-order valence-electron chi connectivity index (χ1n) is 8.05. The first-order chi connectivity index (χ1) is 8.38. The molecule has 0 aromatic rings. The molecule has 108 valence electrons. The smallest absolute Gasteiger partial charge is 0.00926 e. The maximum absolute atomic E-state index is 3.57. The Labute approximate surface area is 115 Å². The lowest BCUT2D eigenvalue weighted by Crippen LogP contribution is -2.42. The van der Waals surface area contributed by atoms with Gasteiger partial charge in [0.15, 0.2) is 0 Å². The molecule has 1 saturated carbocycles. The van der Waals surface area contributed by atoms with Gasteiger partial charge in [-0.25, -0.2) is 0 Å². The molecule has 1 fully saturated rings. The zero-order chi connectivity index (χ0) is 13.8. The highest BCUT2D eigenvalue weighted by molar-refractivity contribution is 4.89. The first kappa shape index (κ1) is 16.0. The summed E-state index contributed by atoms with van der Waals surface area (Å²) in [5, 5.41) is 3.57. The maximum atomic E-state index is 3.57. The summed E-state index contributed by atoms with van der Waals surface area (Å²) in [4.78, 5) is 0. The van der Waals surface area contributed by atoms with Crippen LogP contribution in [-0.4, -0.2) is 13.1 Å². The lowest BCUT2D eigenvalue weighted by Gasteiger charge is -2.42. The second-order valence-corrected chi connectivity index (χ2v) is 7.66. The van der Waals surface area contributed by atoms with Crippen LogP contribution < -0.4 is 5.32 Å². The van der Waals surface area contributed by atoms with E-state index in [2.05, 4.69) is 47.0 Å². The molecule has 1 nitrogen and oxygen atoms in total. The molecule has 0 heterocycles. The molecule has 1 aliphatic carbocycles. The van der Waals surface area contributed by atoms with Crippen LogP contribution >= 0.6 is 0 Å². The Morgan fingerprint density at radius 3 is 2.39 bits per heavy atom. The summed E-state index contributed by atoms with van der Waals surface area (Å²) in [6.07, 6.45) is 8.37. The summed E-state index contributed by atoms with van der Waals surface area (Å²) < 4.78 is 0. The van der Waals surface area contributed by atoms with E-state index in [9.17, 15) is 0 Å². The highest BCUT2D eigenvalue weighted by atomic mass is 14.9. The Morgan fingerprint density at radius 2 is 1.89 bits per heavy atom. The van der Waals surface area contributed by atoms with Crippen LogP contribution in [0.1, 0.15) is 73.1 Å². The molecule has 1 aliphatic rings. The molecule has 0 aliphatic heterocycles. The zero-order valence-electron chi connectivity index (χ0n) is 13.6. The average Bonchev–Trinajstić information content (AvgIpc) is 2.28. The normalized spacial score (nSPS) is 31.3. The summed E-state index contributed by atoms with van der Waals surface area (Å²) in [6, 6.07) is 0.767. The monoisotopic (exact) mass is 253 g/mol. The third kappa shape index (κ3) is 4.57. The third-order valence-electron chi connectivity index (χ3n) is 5.06. The Morgan fingerprint density at radius 1 is 1.22 bits per heavy atom. The first-order valence-corrected chi connectivity index (χ1v) is 8.05. The number of rotatable bonds is 5. The number of hydrogen-bond acceptors (Lipinski definition) is 1. The van der Waals surface area contributed by atoms with E-state index in [1.54, 1.807) is 0 Å². The highest BCUT2D eigenvalue weighted by Crippen LogP contribution is 2.42. The van der Waals surface area contributed by atoms with Crippen molar-refractivity contribution in [2.75, 3.05) is 7.05 Å². The van der Waals surface area contributed by atoms with Crippen molar-refractivity contribution in [3.63, 3.8) is 0 Å². The minimum atomic E-state index is 0.491. The van der Waals surface area contributed by atoms with Gasteiger partial charge in [0, 0.05) is 6.04 Å². The average molecular weight is 253 g/mol. The fourth-order valence-corrected chi connectivity index (χ4v) is 3.82. The van der Waals surface area contributed by atoms with E-state index in [1.807, 2.05) is 0 Å². The van der Waals surface area contributed by atoms with Gasteiger partial charge in [-0.05, 0) is 55.9 Å². The molecule has 1 N–H and O–H groups in total. The van der Waals surface area contributed by atoms with Crippen LogP contribution in [0.5, 0.6) is 0 Å². The van der Waals surface area contributed by atoms with Crippen molar-refractivity contribution in [3.8, 4) is 0 Å². The molecule has 1 rings (SSSR count). The van der Waals surface area contributed by atoms with E-state index < -0.39 is 0 Å². The number of hydrogen-bond donors (Lipinski definition) is 1. The van der Waals surface area contributed by atoms with E-state index >= 15 is 0 Å². The van der Waals surface area contributed by atoms with Gasteiger partial charge >= 0.3 is 0 Å². The fraction of sp³-hybridized carbons (Fsp3) is 1.00. The molecular weight excluding hydrogens is 218 g/mol. The molecule has 0 bridgehead atoms. The standard InChI is InChI=1S/C17H35N/c1-7-8-13(2)11-14-12-15(17(3,4)5)9-10-16(14)18-6/h13-16,18H,7-12H2,1-6H3. The fourth-order valence-electron chi connectivity index (χ4n) is 3.82. The second-order valence-electron chi connectivity index (χ2n) is 7.66. The van der Waals surface area contributed by atoms with Crippen LogP contribution in [0.2, 0.25) is 0 Å². The maximum Gasteiger partial charge on any atom is 0.00926 e.